The van der Waals surface area contributed by atoms with E-state index in [9.17, 15) is 5.21 Å². The Morgan fingerprint density at radius 1 is 1.07 bits per heavy atom. The zero-order valence-electron chi connectivity index (χ0n) is 19.2. The molecule has 2 nitrogen and oxygen atoms in total. The largest absolute Gasteiger partial charge is 0.135 e. The van der Waals surface area contributed by atoms with E-state index in [1.165, 1.54) is 12.1 Å². The van der Waals surface area contributed by atoms with E-state index in [0.29, 0.717) is 0 Å². The van der Waals surface area contributed by atoms with E-state index in [1.54, 1.807) is 0 Å². The van der Waals surface area contributed by atoms with Crippen LogP contribution in [-0.2, 0) is 16.3 Å². The zero-order valence-corrected chi connectivity index (χ0v) is 7.16. The van der Waals surface area contributed by atoms with Gasteiger partial charge in [-0.25, -0.2) is 0 Å². The molecule has 1 aliphatic rings. The number of fused-ring (bicyclic) bond motifs is 1. The van der Waals surface area contributed by atoms with Crippen LogP contribution in [0.3, 0.4) is 0 Å². The molecule has 0 fully saturated rings. The topological polar surface area (TPSA) is 23.1 Å². The Morgan fingerprint density at radius 3 is 1.86 bits per heavy atom. The molecule has 0 N–H and O–H groups in total. The molecular formula is C12H16NO. The fourth-order valence-electron chi connectivity index (χ4n) is 1.58. The second kappa shape index (κ2) is 2.59. The van der Waals surface area contributed by atoms with Crippen molar-refractivity contribution in [1.82, 2.24) is 5.06 Å². The molecule has 14 heavy (non-hydrogen) atoms. The Labute approximate surface area is 102 Å². The molecule has 0 aliphatic carbocycles. The van der Waals surface area contributed by atoms with Crippen molar-refractivity contribution in [2.24, 2.45) is 0 Å². The summed E-state index contributed by atoms with van der Waals surface area (Å²) < 4.78 is 92.9. The standard InChI is InChI=1S/C12H16NO/c1-11(2)9-7-5-6-8-10(9)12(3,4)13(11)14/h5-8H,1-4H3/i1D3,2D3,3D3,4D3. The summed E-state index contributed by atoms with van der Waals surface area (Å²) in [5.41, 5.74) is -7.94. The summed E-state index contributed by atoms with van der Waals surface area (Å²) in [5.74, 6) is 0. The number of hydrogen-bond acceptors (Lipinski definition) is 1. The number of benzene rings is 1. The minimum Gasteiger partial charge on any atom is -0.135 e. The van der Waals surface area contributed by atoms with E-state index in [-0.39, 0.29) is 0 Å². The molecule has 0 saturated heterocycles. The number of nitrogens with zero attached hydrogens (tertiary/aromatic N) is 1. The average molecular weight is 202 g/mol. The van der Waals surface area contributed by atoms with Crippen molar-refractivity contribution < 1.29 is 21.7 Å². The lowest BCUT2D eigenvalue weighted by atomic mass is 9.91. The molecule has 1 aliphatic heterocycles. The highest BCUT2D eigenvalue weighted by Gasteiger charge is 2.49. The van der Waals surface area contributed by atoms with Gasteiger partial charge in [-0.2, -0.15) is 0 Å². The molecule has 0 amide bonds. The van der Waals surface area contributed by atoms with Crippen LogP contribution in [0, 0.1) is 0 Å². The van der Waals surface area contributed by atoms with Crippen molar-refractivity contribution in [2.45, 2.75) is 38.5 Å². The highest BCUT2D eigenvalue weighted by atomic mass is 16.5. The Balaban J connectivity index is 3.14. The summed E-state index contributed by atoms with van der Waals surface area (Å²) in [6, 6.07) is 4.43. The van der Waals surface area contributed by atoms with Gasteiger partial charge >= 0.3 is 0 Å². The first kappa shape index (κ1) is 2.83. The van der Waals surface area contributed by atoms with E-state index in [1.807, 2.05) is 0 Å². The summed E-state index contributed by atoms with van der Waals surface area (Å²) >= 11 is 0. The summed E-state index contributed by atoms with van der Waals surface area (Å²) in [5, 5.41) is 12.6. The minimum atomic E-state index is -3.53. The molecule has 0 aromatic heterocycles. The molecule has 1 heterocycles. The number of hydroxylamine groups is 2. The van der Waals surface area contributed by atoms with Crippen molar-refractivity contribution >= 4 is 0 Å². The van der Waals surface area contributed by atoms with Gasteiger partial charge < -0.3 is 0 Å². The van der Waals surface area contributed by atoms with E-state index < -0.39 is 54.7 Å². The van der Waals surface area contributed by atoms with Gasteiger partial charge in [-0.05, 0) is 38.5 Å². The molecule has 2 heteroatoms. The van der Waals surface area contributed by atoms with Crippen molar-refractivity contribution in [3.63, 3.8) is 0 Å². The molecule has 1 radical (unpaired) electrons. The molecule has 0 bridgehead atoms. The first-order valence-corrected chi connectivity index (χ1v) is 3.96. The Kier molecular flexibility index (Phi) is 0.523. The van der Waals surface area contributed by atoms with Gasteiger partial charge in [0.1, 0.15) is 0 Å². The van der Waals surface area contributed by atoms with Crippen LogP contribution >= 0.6 is 0 Å². The van der Waals surface area contributed by atoms with Gasteiger partial charge in [0, 0.05) is 16.4 Å². The monoisotopic (exact) mass is 202 g/mol. The highest BCUT2D eigenvalue weighted by Crippen LogP contribution is 2.47. The van der Waals surface area contributed by atoms with Crippen LogP contribution in [0.2, 0.25) is 0 Å². The first-order chi connectivity index (χ1) is 11.4. The third kappa shape index (κ3) is 0.983. The van der Waals surface area contributed by atoms with E-state index in [0.717, 1.165) is 12.1 Å². The summed E-state index contributed by atoms with van der Waals surface area (Å²) in [7, 11) is 0. The van der Waals surface area contributed by atoms with Crippen LogP contribution in [0.1, 0.15) is 55.0 Å². The van der Waals surface area contributed by atoms with E-state index in [2.05, 4.69) is 0 Å². The van der Waals surface area contributed by atoms with Crippen molar-refractivity contribution in [3.05, 3.63) is 35.4 Å². The second-order valence-electron chi connectivity index (χ2n) is 3.26. The SMILES string of the molecule is [2H]C([2H])([2H])C1(C([2H])([2H])[2H])c2ccccc2C(C([2H])([2H])[2H])(C([2H])([2H])[2H])N1[O]. The zero-order chi connectivity index (χ0) is 20.6. The fourth-order valence-corrected chi connectivity index (χ4v) is 1.58. The maximum absolute atomic E-state index is 13.3. The third-order valence-corrected chi connectivity index (χ3v) is 2.32. The van der Waals surface area contributed by atoms with Crippen LogP contribution in [0.15, 0.2) is 24.3 Å². The second-order valence-corrected chi connectivity index (χ2v) is 3.26. The molecule has 0 unspecified atom stereocenters. The molecule has 2 rings (SSSR count). The molecule has 0 atom stereocenters. The van der Waals surface area contributed by atoms with Crippen molar-refractivity contribution in [1.29, 1.82) is 0 Å². The van der Waals surface area contributed by atoms with Gasteiger partial charge in [-0.1, -0.05) is 24.3 Å². The molecule has 1 aromatic rings. The van der Waals surface area contributed by atoms with E-state index in [4.69, 9.17) is 16.4 Å². The lowest BCUT2D eigenvalue weighted by Gasteiger charge is -2.32. The minimum absolute atomic E-state index is 0.637. The van der Waals surface area contributed by atoms with Crippen LogP contribution < -0.4 is 0 Å². The Bertz CT molecular complexity index is 611. The first-order valence-electron chi connectivity index (χ1n) is 9.96. The molecule has 1 aromatic carbocycles. The third-order valence-electron chi connectivity index (χ3n) is 2.32. The fraction of sp³-hybridized carbons (Fsp3) is 0.500. The molecule has 0 spiro atoms. The quantitative estimate of drug-likeness (QED) is 0.634. The summed E-state index contributed by atoms with van der Waals surface area (Å²) in [4.78, 5) is 0. The lowest BCUT2D eigenvalue weighted by Crippen LogP contribution is -2.41. The van der Waals surface area contributed by atoms with Crippen LogP contribution in [-0.4, -0.2) is 5.06 Å². The van der Waals surface area contributed by atoms with Gasteiger partial charge in [0.05, 0.1) is 11.1 Å². The van der Waals surface area contributed by atoms with Crippen LogP contribution in [0.5, 0.6) is 0 Å². The Morgan fingerprint density at radius 2 is 1.50 bits per heavy atom. The predicted molar refractivity (Wildman–Crippen MR) is 55.0 cm³/mol. The lowest BCUT2D eigenvalue weighted by molar-refractivity contribution is -0.266. The molecular weight excluding hydrogens is 174 g/mol. The number of hydrogen-bond donors (Lipinski definition) is 0. The molecule has 0 saturated carbocycles. The normalized spacial score (nSPS) is 39.8. The van der Waals surface area contributed by atoms with E-state index >= 15 is 0 Å². The predicted octanol–water partition coefficient (Wildman–Crippen LogP) is 2.82. The molecule has 75 valence electrons. The number of rotatable bonds is 0. The maximum atomic E-state index is 13.3. The Hall–Kier alpha value is -0.860. The van der Waals surface area contributed by atoms with Crippen molar-refractivity contribution in [2.75, 3.05) is 0 Å². The van der Waals surface area contributed by atoms with Gasteiger partial charge in [-0.15, -0.1) is 10.3 Å². The van der Waals surface area contributed by atoms with Gasteiger partial charge in [-0.3, -0.25) is 0 Å². The summed E-state index contributed by atoms with van der Waals surface area (Å²) in [6.07, 6.45) is 0. The summed E-state index contributed by atoms with van der Waals surface area (Å²) in [6.45, 7) is -14.1. The smallest absolute Gasteiger partial charge is 0.0699 e. The van der Waals surface area contributed by atoms with Crippen LogP contribution in [0.25, 0.3) is 0 Å². The maximum Gasteiger partial charge on any atom is 0.0699 e. The van der Waals surface area contributed by atoms with Gasteiger partial charge in [0.15, 0.2) is 0 Å². The average Bonchev–Trinajstić information content (AvgIpc) is 2.61. The van der Waals surface area contributed by atoms with Crippen molar-refractivity contribution in [3.8, 4) is 0 Å². The van der Waals surface area contributed by atoms with Crippen LogP contribution in [0.4, 0.5) is 0 Å². The van der Waals surface area contributed by atoms with Gasteiger partial charge in [0.25, 0.3) is 0 Å². The van der Waals surface area contributed by atoms with Gasteiger partial charge in [0.2, 0.25) is 0 Å². The highest BCUT2D eigenvalue weighted by molar-refractivity contribution is 5.42.